The maximum Gasteiger partial charge on any atom is 0.412 e. The van der Waals surface area contributed by atoms with Gasteiger partial charge in [0.05, 0.1) is 29.6 Å². The van der Waals surface area contributed by atoms with Crippen LogP contribution >= 0.6 is 0 Å². The van der Waals surface area contributed by atoms with Crippen molar-refractivity contribution in [3.05, 3.63) is 87.7 Å². The molecule has 1 saturated heterocycles. The van der Waals surface area contributed by atoms with Crippen LogP contribution in [-0.4, -0.2) is 53.0 Å². The molecule has 1 saturated carbocycles. The lowest BCUT2D eigenvalue weighted by Crippen LogP contribution is -2.38. The monoisotopic (exact) mass is 583 g/mol. The molecule has 11 heteroatoms. The first-order valence-corrected chi connectivity index (χ1v) is 14.1. The van der Waals surface area contributed by atoms with Gasteiger partial charge in [-0.25, -0.2) is 14.6 Å². The number of aryl methyl sites for hydroxylation is 1. The van der Waals surface area contributed by atoms with Gasteiger partial charge in [0.2, 0.25) is 5.95 Å². The van der Waals surface area contributed by atoms with Crippen LogP contribution in [0.5, 0.6) is 11.5 Å². The van der Waals surface area contributed by atoms with Gasteiger partial charge in [0.15, 0.2) is 0 Å². The van der Waals surface area contributed by atoms with E-state index in [1.165, 1.54) is 0 Å². The molecule has 4 aromatic rings. The van der Waals surface area contributed by atoms with Crippen molar-refractivity contribution >= 4 is 34.6 Å². The Morgan fingerprint density at radius 2 is 1.72 bits per heavy atom. The predicted molar refractivity (Wildman–Crippen MR) is 162 cm³/mol. The van der Waals surface area contributed by atoms with E-state index in [0.717, 1.165) is 11.1 Å². The minimum Gasteiger partial charge on any atom is -0.497 e. The number of anilines is 2. The fraction of sp³-hybridized carbons (Fsp3) is 0.312. The van der Waals surface area contributed by atoms with Crippen molar-refractivity contribution in [1.29, 1.82) is 0 Å². The number of methoxy groups -OCH3 is 1. The van der Waals surface area contributed by atoms with E-state index < -0.39 is 12.1 Å². The van der Waals surface area contributed by atoms with E-state index in [1.54, 1.807) is 67.3 Å². The minimum atomic E-state index is -1.02. The van der Waals surface area contributed by atoms with Crippen LogP contribution in [0.1, 0.15) is 34.5 Å². The van der Waals surface area contributed by atoms with Gasteiger partial charge in [-0.1, -0.05) is 18.2 Å². The van der Waals surface area contributed by atoms with Gasteiger partial charge < -0.3 is 30.1 Å². The lowest BCUT2D eigenvalue weighted by molar-refractivity contribution is 0.0697. The zero-order valence-electron chi connectivity index (χ0n) is 24.3. The standard InChI is InChI=1S/C32H33N5O6/c1-17-13-22(18(2)33-26-8-6-5-7-21(26)30(39)40)27-23(14-17)29(38)36(3)31(34-27)37-15-24-25(16-37)28(24)35-32(41)43-20-11-9-19(42-4)10-12-20/h5-14,18,24-25,28,33H,15-16H2,1-4H3,(H,35,41)(H,39,40)/t18?,24-,25+,28?. The molecule has 3 aromatic carbocycles. The molecule has 0 bridgehead atoms. The average molecular weight is 584 g/mol. The van der Waals surface area contributed by atoms with Gasteiger partial charge in [-0.15, -0.1) is 0 Å². The second-order valence-corrected chi connectivity index (χ2v) is 11.2. The lowest BCUT2D eigenvalue weighted by atomic mass is 10.0. The molecule has 2 heterocycles. The van der Waals surface area contributed by atoms with E-state index in [4.69, 9.17) is 14.5 Å². The van der Waals surface area contributed by atoms with E-state index in [0.29, 0.717) is 47.1 Å². The third-order valence-electron chi connectivity index (χ3n) is 8.36. The van der Waals surface area contributed by atoms with Gasteiger partial charge in [-0.2, -0.15) is 0 Å². The largest absolute Gasteiger partial charge is 0.497 e. The van der Waals surface area contributed by atoms with Gasteiger partial charge in [0.1, 0.15) is 11.5 Å². The molecule has 1 aliphatic heterocycles. The van der Waals surface area contributed by atoms with Crippen molar-refractivity contribution < 1.29 is 24.2 Å². The highest BCUT2D eigenvalue weighted by Crippen LogP contribution is 2.46. The Hall–Kier alpha value is -5.06. The van der Waals surface area contributed by atoms with Crippen molar-refractivity contribution in [2.75, 3.05) is 30.4 Å². The average Bonchev–Trinajstić information content (AvgIpc) is 3.40. The van der Waals surface area contributed by atoms with Crippen LogP contribution in [0.25, 0.3) is 10.9 Å². The van der Waals surface area contributed by atoms with Gasteiger partial charge >= 0.3 is 12.1 Å². The topological polar surface area (TPSA) is 135 Å². The van der Waals surface area contributed by atoms with Crippen LogP contribution in [0.15, 0.2) is 65.5 Å². The van der Waals surface area contributed by atoms with Crippen LogP contribution in [0, 0.1) is 18.8 Å². The number of nitrogens with one attached hydrogen (secondary N) is 2. The Morgan fingerprint density at radius 1 is 1.05 bits per heavy atom. The molecule has 1 amide bonds. The molecule has 11 nitrogen and oxygen atoms in total. The Bertz CT molecular complexity index is 1770. The first kappa shape index (κ1) is 28.1. The summed E-state index contributed by atoms with van der Waals surface area (Å²) in [7, 11) is 3.30. The number of benzene rings is 3. The van der Waals surface area contributed by atoms with Crippen molar-refractivity contribution in [2.24, 2.45) is 18.9 Å². The maximum absolute atomic E-state index is 13.6. The lowest BCUT2D eigenvalue weighted by Gasteiger charge is -2.25. The first-order chi connectivity index (χ1) is 20.6. The number of carbonyl (C=O) groups is 2. The highest BCUT2D eigenvalue weighted by Gasteiger charge is 2.57. The molecule has 0 radical (unpaired) electrons. The Balaban J connectivity index is 1.20. The van der Waals surface area contributed by atoms with Gasteiger partial charge in [0.25, 0.3) is 5.56 Å². The Labute approximate surface area is 248 Å². The van der Waals surface area contributed by atoms with Crippen molar-refractivity contribution in [1.82, 2.24) is 14.9 Å². The van der Waals surface area contributed by atoms with E-state index in [9.17, 15) is 19.5 Å². The van der Waals surface area contributed by atoms with Crippen LogP contribution in [0.2, 0.25) is 0 Å². The fourth-order valence-corrected chi connectivity index (χ4v) is 6.08. The number of amides is 1. The fourth-order valence-electron chi connectivity index (χ4n) is 6.08. The summed E-state index contributed by atoms with van der Waals surface area (Å²) < 4.78 is 12.1. The number of carboxylic acids is 1. The second-order valence-electron chi connectivity index (χ2n) is 11.2. The number of ether oxygens (including phenoxy) is 2. The zero-order chi connectivity index (χ0) is 30.4. The number of fused-ring (bicyclic) bond motifs is 2. The zero-order valence-corrected chi connectivity index (χ0v) is 24.3. The molecule has 1 aromatic heterocycles. The molecule has 2 aliphatic rings. The highest BCUT2D eigenvalue weighted by atomic mass is 16.6. The van der Waals surface area contributed by atoms with Gasteiger partial charge in [-0.3, -0.25) is 9.36 Å². The van der Waals surface area contributed by atoms with Gasteiger partial charge in [-0.05, 0) is 61.9 Å². The van der Waals surface area contributed by atoms with E-state index in [2.05, 4.69) is 15.5 Å². The summed E-state index contributed by atoms with van der Waals surface area (Å²) in [5.74, 6) is 1.10. The molecular formula is C32H33N5O6. The molecule has 3 N–H and O–H groups in total. The third-order valence-corrected chi connectivity index (χ3v) is 8.36. The van der Waals surface area contributed by atoms with Crippen LogP contribution in [-0.2, 0) is 7.05 Å². The summed E-state index contributed by atoms with van der Waals surface area (Å²) in [5.41, 5.74) is 2.80. The molecule has 222 valence electrons. The SMILES string of the molecule is COc1ccc(OC(=O)NC2[C@H]3CN(c4nc5c(C(C)Nc6ccccc6C(=O)O)cc(C)cc5c(=O)n4C)C[C@@H]23)cc1. The number of carbonyl (C=O) groups excluding carboxylic acids is 1. The first-order valence-electron chi connectivity index (χ1n) is 14.1. The summed E-state index contributed by atoms with van der Waals surface area (Å²) in [6.07, 6.45) is -0.502. The predicted octanol–water partition coefficient (Wildman–Crippen LogP) is 4.35. The summed E-state index contributed by atoms with van der Waals surface area (Å²) in [6, 6.07) is 17.0. The number of para-hydroxylation sites is 1. The number of rotatable bonds is 8. The third kappa shape index (κ3) is 5.33. The van der Waals surface area contributed by atoms with Crippen molar-refractivity contribution in [3.8, 4) is 11.5 Å². The molecular weight excluding hydrogens is 550 g/mol. The van der Waals surface area contributed by atoms with Crippen molar-refractivity contribution in [3.63, 3.8) is 0 Å². The molecule has 2 unspecified atom stereocenters. The molecule has 43 heavy (non-hydrogen) atoms. The summed E-state index contributed by atoms with van der Waals surface area (Å²) in [5, 5.41) is 16.4. The van der Waals surface area contributed by atoms with Crippen LogP contribution < -0.4 is 30.6 Å². The number of carboxylic acid groups (broad SMARTS) is 1. The number of hydrogen-bond acceptors (Lipinski definition) is 8. The minimum absolute atomic E-state index is 0.00350. The summed E-state index contributed by atoms with van der Waals surface area (Å²) in [4.78, 5) is 44.9. The van der Waals surface area contributed by atoms with E-state index in [1.807, 2.05) is 26.0 Å². The number of piperidine rings is 1. The number of aromatic carboxylic acids is 1. The maximum atomic E-state index is 13.6. The Kier molecular flexibility index (Phi) is 7.17. The van der Waals surface area contributed by atoms with Crippen LogP contribution in [0.3, 0.4) is 0 Å². The highest BCUT2D eigenvalue weighted by molar-refractivity contribution is 5.94. The number of aromatic nitrogens is 2. The summed E-state index contributed by atoms with van der Waals surface area (Å²) in [6.45, 7) is 5.14. The Morgan fingerprint density at radius 3 is 2.40 bits per heavy atom. The smallest absolute Gasteiger partial charge is 0.412 e. The van der Waals surface area contributed by atoms with Crippen molar-refractivity contribution in [2.45, 2.75) is 25.9 Å². The molecule has 4 atom stereocenters. The summed E-state index contributed by atoms with van der Waals surface area (Å²) >= 11 is 0. The van der Waals surface area contributed by atoms with E-state index in [-0.39, 0.29) is 35.0 Å². The second kappa shape index (κ2) is 11.0. The molecule has 1 aliphatic carbocycles. The molecule has 6 rings (SSSR count). The normalized spacial score (nSPS) is 19.4. The number of hydrogen-bond donors (Lipinski definition) is 3. The quantitative estimate of drug-likeness (QED) is 0.277. The number of nitrogens with zero attached hydrogens (tertiary/aromatic N) is 3. The van der Waals surface area contributed by atoms with E-state index >= 15 is 0 Å². The molecule has 2 fully saturated rings. The van der Waals surface area contributed by atoms with Gasteiger partial charge in [0, 0.05) is 49.3 Å². The van der Waals surface area contributed by atoms with Crippen LogP contribution in [0.4, 0.5) is 16.4 Å². The molecule has 0 spiro atoms.